The van der Waals surface area contributed by atoms with Gasteiger partial charge in [-0.3, -0.25) is 9.59 Å². The highest BCUT2D eigenvalue weighted by Gasteiger charge is 2.30. The maximum absolute atomic E-state index is 13.0. The third-order valence-electron chi connectivity index (χ3n) is 3.93. The summed E-state index contributed by atoms with van der Waals surface area (Å²) >= 11 is 5.62. The van der Waals surface area contributed by atoms with E-state index in [-0.39, 0.29) is 29.8 Å². The maximum Gasteiger partial charge on any atom is 0.308 e. The average molecular weight is 360 g/mol. The van der Waals surface area contributed by atoms with Crippen molar-refractivity contribution in [3.05, 3.63) is 29.0 Å². The largest absolute Gasteiger partial charge is 0.484 e. The number of carboxylic acids is 1. The van der Waals surface area contributed by atoms with Gasteiger partial charge in [-0.25, -0.2) is 4.39 Å². The summed E-state index contributed by atoms with van der Waals surface area (Å²) in [5.41, 5.74) is 0. The quantitative estimate of drug-likeness (QED) is 0.778. The van der Waals surface area contributed by atoms with Gasteiger partial charge in [0.1, 0.15) is 11.6 Å². The third kappa shape index (κ3) is 5.35. The summed E-state index contributed by atoms with van der Waals surface area (Å²) in [6.07, 6.45) is 1.33. The van der Waals surface area contributed by atoms with Crippen molar-refractivity contribution in [3.63, 3.8) is 0 Å². The van der Waals surface area contributed by atoms with Crippen LogP contribution in [0.1, 0.15) is 12.8 Å². The molecule has 1 amide bonds. The second-order valence-electron chi connectivity index (χ2n) is 5.56. The van der Waals surface area contributed by atoms with Gasteiger partial charge in [0, 0.05) is 25.8 Å². The van der Waals surface area contributed by atoms with Gasteiger partial charge in [-0.2, -0.15) is 0 Å². The van der Waals surface area contributed by atoms with Gasteiger partial charge >= 0.3 is 5.97 Å². The number of rotatable bonds is 7. The van der Waals surface area contributed by atoms with E-state index in [1.54, 1.807) is 0 Å². The molecule has 132 valence electrons. The number of carboxylic acid groups (broad SMARTS) is 1. The van der Waals surface area contributed by atoms with Gasteiger partial charge in [-0.15, -0.1) is 0 Å². The van der Waals surface area contributed by atoms with Crippen LogP contribution in [0.5, 0.6) is 5.75 Å². The Hall–Kier alpha value is -1.86. The lowest BCUT2D eigenvalue weighted by Crippen LogP contribution is -2.40. The topological polar surface area (TPSA) is 84.9 Å². The molecule has 0 saturated carbocycles. The normalized spacial score (nSPS) is 16.4. The fourth-order valence-corrected chi connectivity index (χ4v) is 2.73. The minimum absolute atomic E-state index is 0.0200. The molecule has 0 spiro atoms. The van der Waals surface area contributed by atoms with Gasteiger partial charge < -0.3 is 19.9 Å². The zero-order valence-electron chi connectivity index (χ0n) is 13.0. The van der Waals surface area contributed by atoms with E-state index >= 15 is 0 Å². The van der Waals surface area contributed by atoms with E-state index in [9.17, 15) is 19.1 Å². The van der Waals surface area contributed by atoms with Crippen LogP contribution in [0.15, 0.2) is 18.2 Å². The number of carbonyl (C=O) groups is 2. The fraction of sp³-hybridized carbons (Fsp3) is 0.500. The zero-order chi connectivity index (χ0) is 17.5. The van der Waals surface area contributed by atoms with E-state index in [2.05, 4.69) is 5.32 Å². The number of amides is 1. The Balaban J connectivity index is 1.80. The molecule has 1 saturated heterocycles. The Morgan fingerprint density at radius 2 is 2.12 bits per heavy atom. The van der Waals surface area contributed by atoms with Crippen molar-refractivity contribution < 1.29 is 28.6 Å². The number of halogens is 2. The van der Waals surface area contributed by atoms with Crippen LogP contribution in [0.3, 0.4) is 0 Å². The molecular weight excluding hydrogens is 341 g/mol. The predicted octanol–water partition coefficient (Wildman–Crippen LogP) is 2.10. The van der Waals surface area contributed by atoms with Gasteiger partial charge in [0.25, 0.3) is 5.91 Å². The van der Waals surface area contributed by atoms with Crippen molar-refractivity contribution >= 4 is 23.5 Å². The standard InChI is InChI=1S/C16H19ClFNO5/c17-13-7-11(1-2-14(13)18)24-9-15(20)19-8-12(16(21)22)10-3-5-23-6-4-10/h1-2,7,10,12H,3-6,8-9H2,(H,19,20)(H,21,22). The van der Waals surface area contributed by atoms with Crippen molar-refractivity contribution in [2.45, 2.75) is 12.8 Å². The van der Waals surface area contributed by atoms with E-state index in [1.807, 2.05) is 0 Å². The van der Waals surface area contributed by atoms with E-state index in [1.165, 1.54) is 12.1 Å². The van der Waals surface area contributed by atoms with Crippen LogP contribution >= 0.6 is 11.6 Å². The molecule has 2 rings (SSSR count). The van der Waals surface area contributed by atoms with Crippen molar-refractivity contribution in [3.8, 4) is 5.75 Å². The van der Waals surface area contributed by atoms with Crippen LogP contribution in [0.25, 0.3) is 0 Å². The molecule has 0 aromatic heterocycles. The van der Waals surface area contributed by atoms with E-state index in [0.717, 1.165) is 6.07 Å². The number of carbonyl (C=O) groups excluding carboxylic acids is 1. The Morgan fingerprint density at radius 3 is 2.75 bits per heavy atom. The molecule has 1 aliphatic heterocycles. The molecule has 1 atom stereocenters. The molecule has 2 N–H and O–H groups in total. The van der Waals surface area contributed by atoms with Crippen molar-refractivity contribution in [2.24, 2.45) is 11.8 Å². The van der Waals surface area contributed by atoms with Gasteiger partial charge in [0.15, 0.2) is 6.61 Å². The molecule has 0 bridgehead atoms. The van der Waals surface area contributed by atoms with Crippen molar-refractivity contribution in [2.75, 3.05) is 26.4 Å². The first-order valence-corrected chi connectivity index (χ1v) is 8.00. The summed E-state index contributed by atoms with van der Waals surface area (Å²) in [7, 11) is 0. The lowest BCUT2D eigenvalue weighted by molar-refractivity contribution is -0.145. The van der Waals surface area contributed by atoms with Gasteiger partial charge in [-0.05, 0) is 30.9 Å². The molecular formula is C16H19ClFNO5. The zero-order valence-corrected chi connectivity index (χ0v) is 13.7. The molecule has 1 aliphatic rings. The smallest absolute Gasteiger partial charge is 0.308 e. The Labute approximate surface area is 143 Å². The number of hydrogen-bond acceptors (Lipinski definition) is 4. The molecule has 1 unspecified atom stereocenters. The number of aliphatic carboxylic acids is 1. The lowest BCUT2D eigenvalue weighted by atomic mass is 9.86. The summed E-state index contributed by atoms with van der Waals surface area (Å²) in [4.78, 5) is 23.2. The summed E-state index contributed by atoms with van der Waals surface area (Å²) in [5, 5.41) is 11.8. The highest BCUT2D eigenvalue weighted by Crippen LogP contribution is 2.24. The first-order valence-electron chi connectivity index (χ1n) is 7.62. The van der Waals surface area contributed by atoms with Gasteiger partial charge in [0.05, 0.1) is 10.9 Å². The summed E-state index contributed by atoms with van der Waals surface area (Å²) in [6, 6.07) is 3.77. The van der Waals surface area contributed by atoms with Crippen LogP contribution in [0, 0.1) is 17.7 Å². The first kappa shape index (κ1) is 18.5. The van der Waals surface area contributed by atoms with E-state index in [4.69, 9.17) is 21.1 Å². The minimum Gasteiger partial charge on any atom is -0.484 e. The monoisotopic (exact) mass is 359 g/mol. The fourth-order valence-electron chi connectivity index (χ4n) is 2.56. The number of nitrogens with one attached hydrogen (secondary N) is 1. The highest BCUT2D eigenvalue weighted by molar-refractivity contribution is 6.30. The molecule has 1 aromatic carbocycles. The van der Waals surface area contributed by atoms with Crippen LogP contribution in [0.4, 0.5) is 4.39 Å². The van der Waals surface area contributed by atoms with Crippen molar-refractivity contribution in [1.82, 2.24) is 5.32 Å². The third-order valence-corrected chi connectivity index (χ3v) is 4.22. The SMILES string of the molecule is O=C(COc1ccc(F)c(Cl)c1)NCC(C(=O)O)C1CCOCC1. The van der Waals surface area contributed by atoms with Crippen LogP contribution in [0.2, 0.25) is 5.02 Å². The molecule has 1 aromatic rings. The first-order chi connectivity index (χ1) is 11.5. The number of ether oxygens (including phenoxy) is 2. The summed E-state index contributed by atoms with van der Waals surface area (Å²) in [6.45, 7) is 0.808. The van der Waals surface area contributed by atoms with Crippen LogP contribution < -0.4 is 10.1 Å². The Bertz CT molecular complexity index is 592. The molecule has 1 fully saturated rings. The second-order valence-corrected chi connectivity index (χ2v) is 5.97. The van der Waals surface area contributed by atoms with Gasteiger partial charge in [-0.1, -0.05) is 11.6 Å². The lowest BCUT2D eigenvalue weighted by Gasteiger charge is -2.27. The molecule has 0 aliphatic carbocycles. The molecule has 1 heterocycles. The van der Waals surface area contributed by atoms with Crippen LogP contribution in [-0.2, 0) is 14.3 Å². The van der Waals surface area contributed by atoms with Crippen LogP contribution in [-0.4, -0.2) is 43.3 Å². The Morgan fingerprint density at radius 1 is 1.42 bits per heavy atom. The minimum atomic E-state index is -0.937. The number of hydrogen-bond donors (Lipinski definition) is 2. The number of benzene rings is 1. The predicted molar refractivity (Wildman–Crippen MR) is 84.6 cm³/mol. The average Bonchev–Trinajstić information content (AvgIpc) is 2.57. The van der Waals surface area contributed by atoms with E-state index < -0.39 is 23.6 Å². The Kier molecular flexibility index (Phi) is 6.81. The summed E-state index contributed by atoms with van der Waals surface area (Å²) < 4.78 is 23.5. The molecule has 24 heavy (non-hydrogen) atoms. The second kappa shape index (κ2) is 8.84. The summed E-state index contributed by atoms with van der Waals surface area (Å²) in [5.74, 6) is -2.38. The molecule has 8 heteroatoms. The van der Waals surface area contributed by atoms with Gasteiger partial charge in [0.2, 0.25) is 0 Å². The van der Waals surface area contributed by atoms with Crippen molar-refractivity contribution in [1.29, 1.82) is 0 Å². The molecule has 6 nitrogen and oxygen atoms in total. The maximum atomic E-state index is 13.0. The molecule has 0 radical (unpaired) electrons. The van der Waals surface area contributed by atoms with E-state index in [0.29, 0.717) is 26.1 Å². The highest BCUT2D eigenvalue weighted by atomic mass is 35.5.